The van der Waals surface area contributed by atoms with E-state index >= 15 is 0 Å². The maximum atomic E-state index is 11.5. The zero-order valence-corrected chi connectivity index (χ0v) is 18.2. The van der Waals surface area contributed by atoms with Crippen LogP contribution < -0.4 is 14.8 Å². The number of carbonyl (C=O) groups excluding carboxylic acids is 1. The van der Waals surface area contributed by atoms with Gasteiger partial charge in [-0.15, -0.1) is 0 Å². The summed E-state index contributed by atoms with van der Waals surface area (Å²) in [6.07, 6.45) is 6.55. The largest absolute Gasteiger partial charge is 0.493 e. The quantitative estimate of drug-likeness (QED) is 0.665. The molecule has 8 heteroatoms. The molecule has 168 valence electrons. The molecule has 4 rings (SSSR count). The number of aromatic nitrogens is 2. The number of carbonyl (C=O) groups is 1. The van der Waals surface area contributed by atoms with Crippen LogP contribution in [0.2, 0.25) is 0 Å². The van der Waals surface area contributed by atoms with Gasteiger partial charge in [-0.2, -0.15) is 0 Å². The summed E-state index contributed by atoms with van der Waals surface area (Å²) in [6.45, 7) is 5.43. The monoisotopic (exact) mass is 428 g/mol. The number of aliphatic hydroxyl groups excluding tert-OH is 1. The van der Waals surface area contributed by atoms with Crippen molar-refractivity contribution in [2.24, 2.45) is 11.8 Å². The van der Waals surface area contributed by atoms with Crippen LogP contribution in [0, 0.1) is 11.8 Å². The molecule has 2 N–H and O–H groups in total. The predicted octanol–water partition coefficient (Wildman–Crippen LogP) is 1.68. The number of para-hydroxylation sites is 1. The summed E-state index contributed by atoms with van der Waals surface area (Å²) in [5.74, 6) is 2.39. The fourth-order valence-electron chi connectivity index (χ4n) is 5.00. The number of ether oxygens (including phenoxy) is 2. The lowest BCUT2D eigenvalue weighted by molar-refractivity contribution is -0.121. The van der Waals surface area contributed by atoms with E-state index in [1.54, 1.807) is 19.6 Å². The molecule has 2 aromatic rings. The van der Waals surface area contributed by atoms with E-state index in [1.807, 2.05) is 22.9 Å². The van der Waals surface area contributed by atoms with E-state index in [-0.39, 0.29) is 11.9 Å². The van der Waals surface area contributed by atoms with Crippen LogP contribution in [0.4, 0.5) is 0 Å². The number of nitrogens with one attached hydrogen (secondary N) is 1. The topological polar surface area (TPSA) is 88.9 Å². The number of benzene rings is 1. The van der Waals surface area contributed by atoms with Gasteiger partial charge in [0.1, 0.15) is 6.61 Å². The molecule has 1 aliphatic heterocycles. The van der Waals surface area contributed by atoms with Gasteiger partial charge in [0.2, 0.25) is 5.91 Å². The van der Waals surface area contributed by atoms with Gasteiger partial charge < -0.3 is 24.5 Å². The first kappa shape index (κ1) is 21.6. The second kappa shape index (κ2) is 9.70. The van der Waals surface area contributed by atoms with Gasteiger partial charge in [-0.25, -0.2) is 4.98 Å². The number of aliphatic hydroxyl groups is 1. The average Bonchev–Trinajstić information content (AvgIpc) is 3.38. The Morgan fingerprint density at radius 2 is 2.10 bits per heavy atom. The number of amides is 1. The summed E-state index contributed by atoms with van der Waals surface area (Å²) in [4.78, 5) is 17.9. The van der Waals surface area contributed by atoms with Gasteiger partial charge in [0.15, 0.2) is 11.5 Å². The molecule has 1 saturated heterocycles. The zero-order chi connectivity index (χ0) is 21.8. The van der Waals surface area contributed by atoms with Crippen LogP contribution in [0.1, 0.15) is 25.3 Å². The Hall–Kier alpha value is -2.58. The highest BCUT2D eigenvalue weighted by molar-refractivity contribution is 5.73. The molecule has 0 unspecified atom stereocenters. The molecule has 8 nitrogen and oxygen atoms in total. The normalized spacial score (nSPS) is 25.8. The number of imidazole rings is 1. The summed E-state index contributed by atoms with van der Waals surface area (Å²) < 4.78 is 13.7. The summed E-state index contributed by atoms with van der Waals surface area (Å²) in [5.41, 5.74) is 1.10. The first-order chi connectivity index (χ1) is 15.0. The molecule has 1 saturated carbocycles. The molecule has 4 atom stereocenters. The summed E-state index contributed by atoms with van der Waals surface area (Å²) >= 11 is 0. The van der Waals surface area contributed by atoms with E-state index in [9.17, 15) is 9.90 Å². The van der Waals surface area contributed by atoms with Crippen LogP contribution in [0.5, 0.6) is 11.5 Å². The number of likely N-dealkylation sites (tertiary alicyclic amines) is 1. The number of fused-ring (bicyclic) bond motifs is 1. The molecule has 31 heavy (non-hydrogen) atoms. The van der Waals surface area contributed by atoms with Crippen LogP contribution in [0.3, 0.4) is 0 Å². The molecule has 1 aromatic heterocycles. The molecular formula is C23H32N4O4. The molecule has 1 aliphatic carbocycles. The van der Waals surface area contributed by atoms with Gasteiger partial charge in [-0.3, -0.25) is 9.69 Å². The van der Waals surface area contributed by atoms with Crippen molar-refractivity contribution in [1.29, 1.82) is 0 Å². The Bertz CT molecular complexity index is 872. The first-order valence-corrected chi connectivity index (χ1v) is 11.0. The van der Waals surface area contributed by atoms with E-state index < -0.39 is 6.10 Å². The maximum absolute atomic E-state index is 11.5. The third-order valence-electron chi connectivity index (χ3n) is 6.44. The molecule has 0 bridgehead atoms. The third kappa shape index (κ3) is 5.19. The zero-order valence-electron chi connectivity index (χ0n) is 18.2. The average molecular weight is 429 g/mol. The Balaban J connectivity index is 1.40. The maximum Gasteiger partial charge on any atom is 0.217 e. The number of nitrogens with zero attached hydrogens (tertiary/aromatic N) is 3. The second-order valence-corrected chi connectivity index (χ2v) is 8.66. The highest BCUT2D eigenvalue weighted by Gasteiger charge is 2.42. The van der Waals surface area contributed by atoms with Crippen molar-refractivity contribution >= 4 is 5.91 Å². The number of hydrogen-bond acceptors (Lipinski definition) is 6. The van der Waals surface area contributed by atoms with Crippen LogP contribution >= 0.6 is 0 Å². The van der Waals surface area contributed by atoms with Gasteiger partial charge in [0, 0.05) is 44.5 Å². The first-order valence-electron chi connectivity index (χ1n) is 11.0. The van der Waals surface area contributed by atoms with Crippen molar-refractivity contribution in [3.05, 3.63) is 42.5 Å². The van der Waals surface area contributed by atoms with Gasteiger partial charge in [-0.05, 0) is 30.7 Å². The third-order valence-corrected chi connectivity index (χ3v) is 6.44. The van der Waals surface area contributed by atoms with Crippen LogP contribution in [-0.4, -0.2) is 64.4 Å². The number of rotatable bonds is 8. The molecule has 2 aliphatic rings. The Kier molecular flexibility index (Phi) is 6.77. The molecule has 0 spiro atoms. The molecule has 2 heterocycles. The van der Waals surface area contributed by atoms with Crippen molar-refractivity contribution in [3.63, 3.8) is 0 Å². The molecule has 2 fully saturated rings. The van der Waals surface area contributed by atoms with Gasteiger partial charge in [0.05, 0.1) is 32.1 Å². The molecular weight excluding hydrogens is 396 g/mol. The highest BCUT2D eigenvalue weighted by Crippen LogP contribution is 2.39. The molecule has 1 amide bonds. The Morgan fingerprint density at radius 3 is 2.81 bits per heavy atom. The van der Waals surface area contributed by atoms with Crippen LogP contribution in [0.15, 0.2) is 36.9 Å². The second-order valence-electron chi connectivity index (χ2n) is 8.66. The fourth-order valence-corrected chi connectivity index (χ4v) is 5.00. The van der Waals surface area contributed by atoms with Crippen molar-refractivity contribution in [2.75, 3.05) is 26.8 Å². The minimum Gasteiger partial charge on any atom is -0.493 e. The van der Waals surface area contributed by atoms with Crippen molar-refractivity contribution in [3.8, 4) is 11.5 Å². The van der Waals surface area contributed by atoms with Gasteiger partial charge in [0.25, 0.3) is 0 Å². The lowest BCUT2D eigenvalue weighted by Crippen LogP contribution is -2.48. The lowest BCUT2D eigenvalue weighted by Gasteiger charge is -2.35. The van der Waals surface area contributed by atoms with E-state index in [2.05, 4.69) is 21.3 Å². The smallest absolute Gasteiger partial charge is 0.217 e. The standard InChI is InChI=1S/C23H32N4O4/c1-16(28)25-20-10-18-13-27(14-19(18)11-21(20)29)12-17-4-3-5-22(30-2)23(17)31-9-8-26-7-6-24-15-26/h3-7,15,18-21,29H,8-14H2,1-2H3,(H,25,28)/t18-,19+,20-,21-/m1/s1. The molecule has 1 aromatic carbocycles. The summed E-state index contributed by atoms with van der Waals surface area (Å²) in [6, 6.07) is 5.87. The Labute approximate surface area is 183 Å². The van der Waals surface area contributed by atoms with Gasteiger partial charge in [-0.1, -0.05) is 12.1 Å². The minimum absolute atomic E-state index is 0.0776. The van der Waals surface area contributed by atoms with Gasteiger partial charge >= 0.3 is 0 Å². The van der Waals surface area contributed by atoms with E-state index in [1.165, 1.54) is 6.92 Å². The molecule has 0 radical (unpaired) electrons. The number of methoxy groups -OCH3 is 1. The summed E-state index contributed by atoms with van der Waals surface area (Å²) in [5, 5.41) is 13.4. The van der Waals surface area contributed by atoms with Crippen LogP contribution in [-0.2, 0) is 17.9 Å². The fraction of sp³-hybridized carbons (Fsp3) is 0.565. The van der Waals surface area contributed by atoms with Crippen molar-refractivity contribution < 1.29 is 19.4 Å². The number of hydrogen-bond donors (Lipinski definition) is 2. The Morgan fingerprint density at radius 1 is 1.29 bits per heavy atom. The van der Waals surface area contributed by atoms with E-state index in [0.29, 0.717) is 25.0 Å². The van der Waals surface area contributed by atoms with Crippen molar-refractivity contribution in [1.82, 2.24) is 19.8 Å². The SMILES string of the molecule is COc1cccc(CN2C[C@H]3C[C@@H](NC(C)=O)[C@H](O)C[C@H]3C2)c1OCCn1ccnc1. The predicted molar refractivity (Wildman–Crippen MR) is 116 cm³/mol. The summed E-state index contributed by atoms with van der Waals surface area (Å²) in [7, 11) is 1.66. The van der Waals surface area contributed by atoms with Crippen LogP contribution in [0.25, 0.3) is 0 Å². The minimum atomic E-state index is -0.469. The van der Waals surface area contributed by atoms with E-state index in [0.717, 1.165) is 49.5 Å². The van der Waals surface area contributed by atoms with E-state index in [4.69, 9.17) is 9.47 Å². The highest BCUT2D eigenvalue weighted by atomic mass is 16.5. The van der Waals surface area contributed by atoms with Crippen molar-refractivity contribution in [2.45, 2.75) is 45.0 Å². The lowest BCUT2D eigenvalue weighted by atomic mass is 9.77.